The van der Waals surface area contributed by atoms with Crippen LogP contribution >= 0.6 is 0 Å². The third kappa shape index (κ3) is 5.76. The molecule has 3 aromatic rings. The van der Waals surface area contributed by atoms with E-state index in [1.54, 1.807) is 68.7 Å². The molecular formula is C26H32N8O3. The number of ketones is 1. The second kappa shape index (κ2) is 10.8. The molecule has 0 radical (unpaired) electrons. The van der Waals surface area contributed by atoms with Crippen molar-refractivity contribution in [3.05, 3.63) is 59.7 Å². The fraction of sp³-hybridized carbons (Fsp3) is 0.385. The van der Waals surface area contributed by atoms with E-state index in [0.29, 0.717) is 29.1 Å². The smallest absolute Gasteiger partial charge is 0.271 e. The molecular weight excluding hydrogens is 472 g/mol. The molecule has 1 aliphatic heterocycles. The fourth-order valence-corrected chi connectivity index (χ4v) is 4.64. The summed E-state index contributed by atoms with van der Waals surface area (Å²) in [5.74, 6) is 0.229. The predicted molar refractivity (Wildman–Crippen MR) is 140 cm³/mol. The van der Waals surface area contributed by atoms with Crippen molar-refractivity contribution in [3.63, 3.8) is 0 Å². The van der Waals surface area contributed by atoms with Crippen molar-refractivity contribution in [2.75, 3.05) is 30.9 Å². The summed E-state index contributed by atoms with van der Waals surface area (Å²) in [5, 5.41) is 7.21. The molecule has 0 spiro atoms. The number of amides is 2. The van der Waals surface area contributed by atoms with Gasteiger partial charge in [0.05, 0.1) is 18.1 Å². The molecule has 0 bridgehead atoms. The summed E-state index contributed by atoms with van der Waals surface area (Å²) in [6, 6.07) is 6.84. The topological polar surface area (TPSA) is 139 Å². The van der Waals surface area contributed by atoms with Crippen LogP contribution in [0.5, 0.6) is 0 Å². The van der Waals surface area contributed by atoms with Gasteiger partial charge in [0.2, 0.25) is 0 Å². The highest BCUT2D eigenvalue weighted by Gasteiger charge is 2.31. The molecule has 2 atom stereocenters. The first kappa shape index (κ1) is 25.8. The average Bonchev–Trinajstić information content (AvgIpc) is 3.29. The van der Waals surface area contributed by atoms with Crippen LogP contribution in [0.4, 0.5) is 17.3 Å². The Morgan fingerprint density at radius 2 is 1.84 bits per heavy atom. The third-order valence-corrected chi connectivity index (χ3v) is 6.71. The number of primary amides is 1. The van der Waals surface area contributed by atoms with E-state index in [2.05, 4.69) is 32.2 Å². The Hall–Kier alpha value is -4.28. The average molecular weight is 505 g/mol. The molecule has 4 rings (SSSR count). The molecule has 3 heterocycles. The molecule has 11 heteroatoms. The highest BCUT2D eigenvalue weighted by molar-refractivity contribution is 5.99. The fourth-order valence-electron chi connectivity index (χ4n) is 4.64. The van der Waals surface area contributed by atoms with Crippen molar-refractivity contribution in [2.45, 2.75) is 32.2 Å². The zero-order chi connectivity index (χ0) is 26.7. The number of rotatable bonds is 8. The number of nitrogens with two attached hydrogens (primary N) is 1. The van der Waals surface area contributed by atoms with Gasteiger partial charge in [0, 0.05) is 57.5 Å². The van der Waals surface area contributed by atoms with Gasteiger partial charge >= 0.3 is 0 Å². The Kier molecular flexibility index (Phi) is 7.51. The lowest BCUT2D eigenvalue weighted by molar-refractivity contribution is 0.0826. The number of Topliss-reactive ketones (excluding diaryl/α,β-unsaturated/α-hetero) is 1. The van der Waals surface area contributed by atoms with Gasteiger partial charge in [-0.25, -0.2) is 9.97 Å². The number of piperidine rings is 1. The molecule has 1 aliphatic rings. The molecule has 2 amide bonds. The number of nitrogens with zero attached hydrogens (tertiary/aromatic N) is 6. The summed E-state index contributed by atoms with van der Waals surface area (Å²) in [5.41, 5.74) is 7.37. The second-order valence-corrected chi connectivity index (χ2v) is 9.56. The predicted octanol–water partition coefficient (Wildman–Crippen LogP) is 2.63. The summed E-state index contributed by atoms with van der Waals surface area (Å²) in [6.45, 7) is 2.83. The Bertz CT molecular complexity index is 1300. The molecule has 11 nitrogen and oxygen atoms in total. The van der Waals surface area contributed by atoms with Gasteiger partial charge in [-0.3, -0.25) is 19.1 Å². The number of carbonyl (C=O) groups excluding carboxylic acids is 3. The van der Waals surface area contributed by atoms with E-state index < -0.39 is 5.91 Å². The van der Waals surface area contributed by atoms with Crippen LogP contribution in [-0.4, -0.2) is 68.9 Å². The third-order valence-electron chi connectivity index (χ3n) is 6.71. The molecule has 37 heavy (non-hydrogen) atoms. The van der Waals surface area contributed by atoms with Crippen LogP contribution in [-0.2, 0) is 7.05 Å². The van der Waals surface area contributed by atoms with E-state index in [9.17, 15) is 14.4 Å². The minimum absolute atomic E-state index is 0.0206. The molecule has 3 N–H and O–H groups in total. The molecule has 1 aromatic carbocycles. The number of nitrogens with one attached hydrogen (secondary N) is 1. The van der Waals surface area contributed by atoms with Crippen LogP contribution in [0.3, 0.4) is 0 Å². The van der Waals surface area contributed by atoms with E-state index in [0.717, 1.165) is 19.4 Å². The maximum Gasteiger partial charge on any atom is 0.271 e. The van der Waals surface area contributed by atoms with Crippen molar-refractivity contribution >= 4 is 34.9 Å². The van der Waals surface area contributed by atoms with Crippen LogP contribution < -0.4 is 16.0 Å². The number of aromatic nitrogens is 4. The molecule has 1 fully saturated rings. The van der Waals surface area contributed by atoms with E-state index in [-0.39, 0.29) is 35.2 Å². The van der Waals surface area contributed by atoms with Crippen molar-refractivity contribution in [1.82, 2.24) is 24.6 Å². The van der Waals surface area contributed by atoms with E-state index >= 15 is 0 Å². The van der Waals surface area contributed by atoms with Crippen molar-refractivity contribution in [1.29, 1.82) is 0 Å². The molecule has 2 aromatic heterocycles. The number of benzene rings is 1. The van der Waals surface area contributed by atoms with E-state index in [1.807, 2.05) is 0 Å². The lowest BCUT2D eigenvalue weighted by Gasteiger charge is -2.40. The maximum atomic E-state index is 13.1. The minimum atomic E-state index is -0.682. The lowest BCUT2D eigenvalue weighted by Crippen LogP contribution is -2.44. The van der Waals surface area contributed by atoms with E-state index in [1.165, 1.54) is 4.90 Å². The van der Waals surface area contributed by atoms with E-state index in [4.69, 9.17) is 5.73 Å². The van der Waals surface area contributed by atoms with Crippen molar-refractivity contribution in [2.24, 2.45) is 18.7 Å². The van der Waals surface area contributed by atoms with Gasteiger partial charge in [0.25, 0.3) is 11.8 Å². The SMILES string of the molecule is C[C@@H]1[C@H](CC(=O)c2ccc(C(=O)N(C)C)cc2)CCCN1c1cnc(C(N)=O)c(Nc2cnn(C)c2)n1. The van der Waals surface area contributed by atoms with Crippen LogP contribution in [0.15, 0.2) is 42.9 Å². The van der Waals surface area contributed by atoms with Crippen molar-refractivity contribution in [3.8, 4) is 0 Å². The summed E-state index contributed by atoms with van der Waals surface area (Å²) < 4.78 is 1.63. The number of aryl methyl sites for hydroxylation is 1. The molecule has 0 unspecified atom stereocenters. The second-order valence-electron chi connectivity index (χ2n) is 9.56. The number of anilines is 3. The first-order valence-electron chi connectivity index (χ1n) is 12.2. The van der Waals surface area contributed by atoms with Gasteiger partial charge in [0.1, 0.15) is 5.82 Å². The van der Waals surface area contributed by atoms with Crippen LogP contribution in [0.25, 0.3) is 0 Å². The highest BCUT2D eigenvalue weighted by Crippen LogP contribution is 2.32. The zero-order valence-electron chi connectivity index (χ0n) is 21.5. The van der Waals surface area contributed by atoms with Gasteiger partial charge in [-0.05, 0) is 37.8 Å². The molecule has 1 saturated heterocycles. The van der Waals surface area contributed by atoms with Gasteiger partial charge in [0.15, 0.2) is 17.3 Å². The number of carbonyl (C=O) groups is 3. The summed E-state index contributed by atoms with van der Waals surface area (Å²) in [4.78, 5) is 49.8. The van der Waals surface area contributed by atoms with Crippen LogP contribution in [0, 0.1) is 5.92 Å². The highest BCUT2D eigenvalue weighted by atomic mass is 16.2. The minimum Gasteiger partial charge on any atom is -0.364 e. The summed E-state index contributed by atoms with van der Waals surface area (Å²) in [6.07, 6.45) is 7.11. The summed E-state index contributed by atoms with van der Waals surface area (Å²) >= 11 is 0. The maximum absolute atomic E-state index is 13.1. The Morgan fingerprint density at radius 1 is 1.14 bits per heavy atom. The summed E-state index contributed by atoms with van der Waals surface area (Å²) in [7, 11) is 5.18. The molecule has 0 aliphatic carbocycles. The van der Waals surface area contributed by atoms with Crippen LogP contribution in [0.2, 0.25) is 0 Å². The van der Waals surface area contributed by atoms with Gasteiger partial charge in [-0.15, -0.1) is 0 Å². The van der Waals surface area contributed by atoms with Crippen molar-refractivity contribution < 1.29 is 14.4 Å². The lowest BCUT2D eigenvalue weighted by atomic mass is 9.85. The quantitative estimate of drug-likeness (QED) is 0.446. The Morgan fingerprint density at radius 3 is 2.46 bits per heavy atom. The first-order valence-corrected chi connectivity index (χ1v) is 12.2. The first-order chi connectivity index (χ1) is 17.6. The molecule has 0 saturated carbocycles. The Balaban J connectivity index is 1.50. The zero-order valence-corrected chi connectivity index (χ0v) is 21.5. The van der Waals surface area contributed by atoms with Gasteiger partial charge in [-0.2, -0.15) is 5.10 Å². The Labute approximate surface area is 215 Å². The normalized spacial score (nSPS) is 17.4. The molecule has 194 valence electrons. The largest absolute Gasteiger partial charge is 0.364 e. The van der Waals surface area contributed by atoms with Gasteiger partial charge < -0.3 is 20.9 Å². The number of hydrogen-bond acceptors (Lipinski definition) is 8. The van der Waals surface area contributed by atoms with Crippen LogP contribution in [0.1, 0.15) is 57.4 Å². The van der Waals surface area contributed by atoms with Gasteiger partial charge in [-0.1, -0.05) is 12.1 Å². The number of hydrogen-bond donors (Lipinski definition) is 2. The monoisotopic (exact) mass is 504 g/mol. The standard InChI is InChI=1S/C26H32N8O3/c1-16-19(12-21(35)17-7-9-18(10-8-17)26(37)32(2)3)6-5-11-34(16)22-14-28-23(24(27)36)25(31-22)30-20-13-29-33(4)15-20/h7-10,13-16,19H,5-6,11-12H2,1-4H3,(H2,27,36)(H,30,31)/t16-,19+/m1/s1.